The molecule has 0 spiro atoms. The summed E-state index contributed by atoms with van der Waals surface area (Å²) in [5, 5.41) is 3.01. The van der Waals surface area contributed by atoms with Crippen molar-refractivity contribution >= 4 is 17.0 Å². The van der Waals surface area contributed by atoms with E-state index in [1.165, 1.54) is 4.57 Å². The smallest absolute Gasteiger partial charge is 0.408 e. The summed E-state index contributed by atoms with van der Waals surface area (Å²) in [6.45, 7) is 1.97. The first kappa shape index (κ1) is 16.1. The zero-order valence-corrected chi connectivity index (χ0v) is 13.8. The van der Waals surface area contributed by atoms with Crippen molar-refractivity contribution < 1.29 is 9.21 Å². The number of oxazole rings is 1. The first-order valence-corrected chi connectivity index (χ1v) is 7.97. The number of fused-ring (bicyclic) bond motifs is 1. The largest absolute Gasteiger partial charge is 0.419 e. The van der Waals surface area contributed by atoms with Gasteiger partial charge >= 0.3 is 5.76 Å². The van der Waals surface area contributed by atoms with Gasteiger partial charge < -0.3 is 9.73 Å². The zero-order valence-electron chi connectivity index (χ0n) is 13.8. The lowest BCUT2D eigenvalue weighted by atomic mass is 10.1. The lowest BCUT2D eigenvalue weighted by Gasteiger charge is -2.14. The van der Waals surface area contributed by atoms with Crippen molar-refractivity contribution in [1.29, 1.82) is 0 Å². The van der Waals surface area contributed by atoms with Crippen LogP contribution in [0.4, 0.5) is 0 Å². The summed E-state index contributed by atoms with van der Waals surface area (Å²) in [4.78, 5) is 23.7. The number of nitrogens with one attached hydrogen (secondary N) is 1. The molecule has 1 aromatic heterocycles. The van der Waals surface area contributed by atoms with E-state index < -0.39 is 0 Å². The van der Waals surface area contributed by atoms with E-state index in [1.807, 2.05) is 49.4 Å². The molecular formula is C19H20N2O3. The predicted molar refractivity (Wildman–Crippen MR) is 92.8 cm³/mol. The van der Waals surface area contributed by atoms with E-state index in [9.17, 15) is 9.59 Å². The molecule has 1 unspecified atom stereocenters. The average molecular weight is 324 g/mol. The number of rotatable bonds is 5. The van der Waals surface area contributed by atoms with Gasteiger partial charge in [-0.15, -0.1) is 0 Å². The van der Waals surface area contributed by atoms with Crippen molar-refractivity contribution in [1.82, 2.24) is 9.88 Å². The molecule has 0 saturated carbocycles. The van der Waals surface area contributed by atoms with Gasteiger partial charge in [-0.05, 0) is 36.6 Å². The number of amides is 1. The average Bonchev–Trinajstić information content (AvgIpc) is 2.88. The highest BCUT2D eigenvalue weighted by atomic mass is 16.4. The number of carbonyl (C=O) groups excluding carboxylic acids is 1. The molecule has 1 atom stereocenters. The van der Waals surface area contributed by atoms with Crippen molar-refractivity contribution in [3.8, 4) is 0 Å². The number of hydrogen-bond acceptors (Lipinski definition) is 3. The van der Waals surface area contributed by atoms with Crippen LogP contribution in [-0.2, 0) is 18.3 Å². The molecule has 24 heavy (non-hydrogen) atoms. The van der Waals surface area contributed by atoms with Crippen LogP contribution in [-0.4, -0.2) is 10.5 Å². The summed E-state index contributed by atoms with van der Waals surface area (Å²) in [7, 11) is 1.67. The van der Waals surface area contributed by atoms with E-state index in [2.05, 4.69) is 5.32 Å². The summed E-state index contributed by atoms with van der Waals surface area (Å²) in [5.41, 5.74) is 3.39. The summed E-state index contributed by atoms with van der Waals surface area (Å²) in [5.74, 6) is -0.371. The van der Waals surface area contributed by atoms with Gasteiger partial charge in [0.1, 0.15) is 0 Å². The van der Waals surface area contributed by atoms with E-state index in [0.29, 0.717) is 18.4 Å². The van der Waals surface area contributed by atoms with E-state index in [1.54, 1.807) is 13.1 Å². The standard InChI is InChI=1S/C19H20N2O3/c1-13(15-6-4-3-5-7-15)20-18(22)11-9-14-8-10-17-16(12-14)21(2)19(23)24-17/h3-8,10,12-13H,9,11H2,1-2H3,(H,20,22). The Morgan fingerprint density at radius 3 is 2.71 bits per heavy atom. The van der Waals surface area contributed by atoms with Gasteiger partial charge in [-0.2, -0.15) is 0 Å². The Morgan fingerprint density at radius 2 is 1.96 bits per heavy atom. The molecule has 0 fully saturated rings. The Hall–Kier alpha value is -2.82. The number of hydrogen-bond donors (Lipinski definition) is 1. The van der Waals surface area contributed by atoms with E-state index in [0.717, 1.165) is 16.6 Å². The van der Waals surface area contributed by atoms with Gasteiger partial charge in [0.2, 0.25) is 5.91 Å². The van der Waals surface area contributed by atoms with Crippen molar-refractivity contribution in [2.24, 2.45) is 7.05 Å². The minimum absolute atomic E-state index is 0.00697. The van der Waals surface area contributed by atoms with Gasteiger partial charge in [0, 0.05) is 13.5 Å². The van der Waals surface area contributed by atoms with E-state index in [4.69, 9.17) is 4.42 Å². The van der Waals surface area contributed by atoms with Crippen LogP contribution in [0, 0.1) is 0 Å². The molecule has 0 radical (unpaired) electrons. The summed E-state index contributed by atoms with van der Waals surface area (Å²) < 4.78 is 6.58. The third-order valence-corrected chi connectivity index (χ3v) is 4.17. The first-order valence-electron chi connectivity index (χ1n) is 7.97. The zero-order chi connectivity index (χ0) is 17.1. The molecule has 1 amide bonds. The SMILES string of the molecule is CC(NC(=O)CCc1ccc2oc(=O)n(C)c2c1)c1ccccc1. The summed E-state index contributed by atoms with van der Waals surface area (Å²) >= 11 is 0. The minimum atomic E-state index is -0.378. The molecule has 1 heterocycles. The molecule has 5 heteroatoms. The Morgan fingerprint density at radius 1 is 1.21 bits per heavy atom. The molecule has 2 aromatic carbocycles. The normalized spacial score (nSPS) is 12.2. The topological polar surface area (TPSA) is 64.2 Å². The Balaban J connectivity index is 1.62. The first-order chi connectivity index (χ1) is 11.5. The van der Waals surface area contributed by atoms with Crippen LogP contribution in [0.15, 0.2) is 57.7 Å². The van der Waals surface area contributed by atoms with Crippen LogP contribution < -0.4 is 11.1 Å². The molecular weight excluding hydrogens is 304 g/mol. The fourth-order valence-electron chi connectivity index (χ4n) is 2.72. The summed E-state index contributed by atoms with van der Waals surface area (Å²) in [6, 6.07) is 15.4. The van der Waals surface area contributed by atoms with Crippen molar-refractivity contribution in [2.45, 2.75) is 25.8 Å². The van der Waals surface area contributed by atoms with Crippen LogP contribution in [0.3, 0.4) is 0 Å². The van der Waals surface area contributed by atoms with Crippen molar-refractivity contribution in [3.05, 3.63) is 70.2 Å². The minimum Gasteiger partial charge on any atom is -0.408 e. The monoisotopic (exact) mass is 324 g/mol. The Labute approximate surface area is 139 Å². The highest BCUT2D eigenvalue weighted by Crippen LogP contribution is 2.16. The van der Waals surface area contributed by atoms with E-state index >= 15 is 0 Å². The number of aromatic nitrogens is 1. The molecule has 0 aliphatic rings. The maximum absolute atomic E-state index is 12.1. The highest BCUT2D eigenvalue weighted by molar-refractivity contribution is 5.77. The Kier molecular flexibility index (Phi) is 4.51. The second kappa shape index (κ2) is 6.74. The third kappa shape index (κ3) is 3.40. The second-order valence-corrected chi connectivity index (χ2v) is 5.93. The van der Waals surface area contributed by atoms with Crippen molar-refractivity contribution in [3.63, 3.8) is 0 Å². The lowest BCUT2D eigenvalue weighted by molar-refractivity contribution is -0.121. The van der Waals surface area contributed by atoms with Crippen LogP contribution in [0.5, 0.6) is 0 Å². The van der Waals surface area contributed by atoms with Gasteiger partial charge in [0.25, 0.3) is 0 Å². The third-order valence-electron chi connectivity index (χ3n) is 4.17. The van der Waals surface area contributed by atoms with Gasteiger partial charge in [0.05, 0.1) is 11.6 Å². The molecule has 0 aliphatic carbocycles. The number of benzene rings is 2. The fourth-order valence-corrected chi connectivity index (χ4v) is 2.72. The lowest BCUT2D eigenvalue weighted by Crippen LogP contribution is -2.26. The second-order valence-electron chi connectivity index (χ2n) is 5.93. The molecule has 1 N–H and O–H groups in total. The quantitative estimate of drug-likeness (QED) is 0.785. The van der Waals surface area contributed by atoms with Gasteiger partial charge in [-0.1, -0.05) is 36.4 Å². The number of aryl methyl sites for hydroxylation is 2. The van der Waals surface area contributed by atoms with Crippen LogP contribution >= 0.6 is 0 Å². The van der Waals surface area contributed by atoms with Crippen LogP contribution in [0.25, 0.3) is 11.1 Å². The molecule has 0 saturated heterocycles. The Bertz CT molecular complexity index is 909. The molecule has 0 aliphatic heterocycles. The van der Waals surface area contributed by atoms with Gasteiger partial charge in [-0.25, -0.2) is 4.79 Å². The molecule has 0 bridgehead atoms. The highest BCUT2D eigenvalue weighted by Gasteiger charge is 2.11. The number of nitrogens with zero attached hydrogens (tertiary/aromatic N) is 1. The molecule has 3 aromatic rings. The van der Waals surface area contributed by atoms with Crippen molar-refractivity contribution in [2.75, 3.05) is 0 Å². The van der Waals surface area contributed by atoms with Gasteiger partial charge in [0.15, 0.2) is 5.58 Å². The maximum atomic E-state index is 12.1. The maximum Gasteiger partial charge on any atom is 0.419 e. The van der Waals surface area contributed by atoms with Crippen LogP contribution in [0.1, 0.15) is 30.5 Å². The summed E-state index contributed by atoms with van der Waals surface area (Å²) in [6.07, 6.45) is 1.01. The molecule has 5 nitrogen and oxygen atoms in total. The number of carbonyl (C=O) groups is 1. The molecule has 3 rings (SSSR count). The van der Waals surface area contributed by atoms with E-state index in [-0.39, 0.29) is 17.7 Å². The predicted octanol–water partition coefficient (Wildman–Crippen LogP) is 2.94. The fraction of sp³-hybridized carbons (Fsp3) is 0.263. The molecule has 124 valence electrons. The van der Waals surface area contributed by atoms with Gasteiger partial charge in [-0.3, -0.25) is 9.36 Å². The van der Waals surface area contributed by atoms with Crippen LogP contribution in [0.2, 0.25) is 0 Å².